The van der Waals surface area contributed by atoms with Gasteiger partial charge >= 0.3 is 0 Å². The van der Waals surface area contributed by atoms with Gasteiger partial charge < -0.3 is 10.3 Å². The van der Waals surface area contributed by atoms with Crippen molar-refractivity contribution >= 4 is 0 Å². The van der Waals surface area contributed by atoms with Crippen LogP contribution in [0, 0.1) is 6.92 Å². The number of nitrogens with zero attached hydrogens (tertiary/aromatic N) is 2. The van der Waals surface area contributed by atoms with Gasteiger partial charge in [-0.1, -0.05) is 12.8 Å². The molecule has 2 N–H and O–H groups in total. The Morgan fingerprint density at radius 1 is 1.43 bits per heavy atom. The van der Waals surface area contributed by atoms with Crippen molar-refractivity contribution in [2.45, 2.75) is 45.1 Å². The van der Waals surface area contributed by atoms with Gasteiger partial charge in [-0.3, -0.25) is 0 Å². The summed E-state index contributed by atoms with van der Waals surface area (Å²) in [5, 5.41) is 0. The zero-order chi connectivity index (χ0) is 10.1. The van der Waals surface area contributed by atoms with Crippen molar-refractivity contribution < 1.29 is 0 Å². The predicted octanol–water partition coefficient (Wildman–Crippen LogP) is 1.84. The van der Waals surface area contributed by atoms with Gasteiger partial charge in [-0.05, 0) is 19.8 Å². The van der Waals surface area contributed by atoms with E-state index >= 15 is 0 Å². The Morgan fingerprint density at radius 2 is 2.07 bits per heavy atom. The van der Waals surface area contributed by atoms with Crippen molar-refractivity contribution in [3.8, 4) is 0 Å². The minimum absolute atomic E-state index is 0.562. The quantitative estimate of drug-likeness (QED) is 0.779. The number of imidazole rings is 1. The Morgan fingerprint density at radius 3 is 2.57 bits per heavy atom. The first-order valence-corrected chi connectivity index (χ1v) is 5.46. The molecule has 1 aromatic heterocycles. The summed E-state index contributed by atoms with van der Waals surface area (Å²) >= 11 is 0. The molecule has 0 amide bonds. The van der Waals surface area contributed by atoms with E-state index in [9.17, 15) is 0 Å². The summed E-state index contributed by atoms with van der Waals surface area (Å²) in [6, 6.07) is 0. The lowest BCUT2D eigenvalue weighted by molar-refractivity contribution is 0.627. The normalized spacial score (nSPS) is 17.9. The summed E-state index contributed by atoms with van der Waals surface area (Å²) in [6.45, 7) is 2.67. The van der Waals surface area contributed by atoms with Gasteiger partial charge in [0.15, 0.2) is 0 Å². The highest BCUT2D eigenvalue weighted by Gasteiger charge is 2.22. The Kier molecular flexibility index (Phi) is 2.59. The van der Waals surface area contributed by atoms with E-state index in [2.05, 4.69) is 23.5 Å². The Bertz CT molecular complexity index is 322. The molecule has 1 saturated carbocycles. The number of hydrogen-bond acceptors (Lipinski definition) is 2. The minimum Gasteiger partial charge on any atom is -0.335 e. The zero-order valence-corrected chi connectivity index (χ0v) is 9.08. The summed E-state index contributed by atoms with van der Waals surface area (Å²) in [5.74, 6) is 1.93. The molecule has 1 aromatic rings. The maximum atomic E-state index is 5.66. The highest BCUT2D eigenvalue weighted by molar-refractivity contribution is 5.18. The van der Waals surface area contributed by atoms with Crippen LogP contribution in [-0.4, -0.2) is 9.55 Å². The van der Waals surface area contributed by atoms with E-state index in [-0.39, 0.29) is 0 Å². The molecule has 3 nitrogen and oxygen atoms in total. The van der Waals surface area contributed by atoms with Crippen LogP contribution in [-0.2, 0) is 13.6 Å². The second kappa shape index (κ2) is 3.73. The average molecular weight is 193 g/mol. The molecular formula is C11H19N3. The van der Waals surface area contributed by atoms with Crippen LogP contribution < -0.4 is 5.73 Å². The Balaban J connectivity index is 2.32. The molecule has 0 saturated heterocycles. The molecule has 78 valence electrons. The molecule has 1 aliphatic carbocycles. The third-order valence-corrected chi connectivity index (χ3v) is 3.43. The molecule has 0 unspecified atom stereocenters. The van der Waals surface area contributed by atoms with Crippen LogP contribution in [0.15, 0.2) is 0 Å². The van der Waals surface area contributed by atoms with Gasteiger partial charge in [-0.15, -0.1) is 0 Å². The maximum Gasteiger partial charge on any atom is 0.112 e. The van der Waals surface area contributed by atoms with Crippen LogP contribution in [0.5, 0.6) is 0 Å². The van der Waals surface area contributed by atoms with Gasteiger partial charge in [-0.2, -0.15) is 0 Å². The van der Waals surface area contributed by atoms with E-state index in [1.807, 2.05) is 0 Å². The second-order valence-corrected chi connectivity index (χ2v) is 4.25. The second-order valence-electron chi connectivity index (χ2n) is 4.25. The van der Waals surface area contributed by atoms with E-state index < -0.39 is 0 Å². The monoisotopic (exact) mass is 193 g/mol. The molecular weight excluding hydrogens is 174 g/mol. The molecule has 1 heterocycles. The van der Waals surface area contributed by atoms with Gasteiger partial charge in [0.1, 0.15) is 5.82 Å². The number of nitrogens with two attached hydrogens (primary N) is 1. The van der Waals surface area contributed by atoms with Crippen molar-refractivity contribution in [2.75, 3.05) is 0 Å². The first kappa shape index (κ1) is 9.71. The van der Waals surface area contributed by atoms with E-state index in [1.54, 1.807) is 0 Å². The molecule has 0 atom stereocenters. The molecule has 0 aliphatic heterocycles. The smallest absolute Gasteiger partial charge is 0.112 e. The van der Waals surface area contributed by atoms with Crippen molar-refractivity contribution in [1.29, 1.82) is 0 Å². The fourth-order valence-corrected chi connectivity index (χ4v) is 2.40. The van der Waals surface area contributed by atoms with E-state index in [1.165, 1.54) is 37.2 Å². The van der Waals surface area contributed by atoms with Crippen LogP contribution >= 0.6 is 0 Å². The number of rotatable bonds is 2. The summed E-state index contributed by atoms with van der Waals surface area (Å²) in [5.41, 5.74) is 7.95. The van der Waals surface area contributed by atoms with Gasteiger partial charge in [0, 0.05) is 25.2 Å². The van der Waals surface area contributed by atoms with E-state index in [0.29, 0.717) is 12.5 Å². The van der Waals surface area contributed by atoms with E-state index in [4.69, 9.17) is 5.73 Å². The van der Waals surface area contributed by atoms with Gasteiger partial charge in [0.2, 0.25) is 0 Å². The lowest BCUT2D eigenvalue weighted by atomic mass is 10.1. The Hall–Kier alpha value is -0.830. The minimum atomic E-state index is 0.562. The topological polar surface area (TPSA) is 43.8 Å². The van der Waals surface area contributed by atoms with Crippen LogP contribution in [0.1, 0.15) is 48.8 Å². The van der Waals surface area contributed by atoms with Crippen molar-refractivity contribution in [3.05, 3.63) is 17.2 Å². The van der Waals surface area contributed by atoms with Crippen LogP contribution in [0.3, 0.4) is 0 Å². The highest BCUT2D eigenvalue weighted by Crippen LogP contribution is 2.33. The molecule has 0 radical (unpaired) electrons. The third kappa shape index (κ3) is 1.46. The largest absolute Gasteiger partial charge is 0.335 e. The average Bonchev–Trinajstić information content (AvgIpc) is 2.78. The molecule has 0 aromatic carbocycles. The number of hydrogen-bond donors (Lipinski definition) is 1. The van der Waals surface area contributed by atoms with Crippen molar-refractivity contribution in [1.82, 2.24) is 9.55 Å². The first-order valence-electron chi connectivity index (χ1n) is 5.46. The van der Waals surface area contributed by atoms with E-state index in [0.717, 1.165) is 5.69 Å². The van der Waals surface area contributed by atoms with Gasteiger partial charge in [-0.25, -0.2) is 4.98 Å². The molecule has 0 bridgehead atoms. The third-order valence-electron chi connectivity index (χ3n) is 3.43. The standard InChI is InChI=1S/C11H19N3/c1-8-10(7-12)13-11(14(8)2)9-5-3-4-6-9/h9H,3-7,12H2,1-2H3. The maximum absolute atomic E-state index is 5.66. The first-order chi connectivity index (χ1) is 6.74. The summed E-state index contributed by atoms with van der Waals surface area (Å²) < 4.78 is 2.22. The van der Waals surface area contributed by atoms with Gasteiger partial charge in [0.25, 0.3) is 0 Å². The molecule has 2 rings (SSSR count). The lowest BCUT2D eigenvalue weighted by Gasteiger charge is -2.08. The summed E-state index contributed by atoms with van der Waals surface area (Å²) in [7, 11) is 2.11. The van der Waals surface area contributed by atoms with Crippen molar-refractivity contribution in [2.24, 2.45) is 12.8 Å². The highest BCUT2D eigenvalue weighted by atomic mass is 15.1. The Labute approximate surface area is 85.3 Å². The fraction of sp³-hybridized carbons (Fsp3) is 0.727. The number of aromatic nitrogens is 2. The van der Waals surface area contributed by atoms with Gasteiger partial charge in [0.05, 0.1) is 5.69 Å². The predicted molar refractivity (Wildman–Crippen MR) is 57.0 cm³/mol. The van der Waals surface area contributed by atoms with Crippen LogP contribution in [0.25, 0.3) is 0 Å². The van der Waals surface area contributed by atoms with Crippen molar-refractivity contribution in [3.63, 3.8) is 0 Å². The summed E-state index contributed by atoms with van der Waals surface area (Å²) in [4.78, 5) is 4.65. The molecule has 3 heteroatoms. The summed E-state index contributed by atoms with van der Waals surface area (Å²) in [6.07, 6.45) is 5.31. The van der Waals surface area contributed by atoms with Crippen LogP contribution in [0.2, 0.25) is 0 Å². The zero-order valence-electron chi connectivity index (χ0n) is 9.08. The lowest BCUT2D eigenvalue weighted by Crippen LogP contribution is -2.03. The molecule has 1 fully saturated rings. The fourth-order valence-electron chi connectivity index (χ4n) is 2.40. The molecule has 1 aliphatic rings. The van der Waals surface area contributed by atoms with Crippen LogP contribution in [0.4, 0.5) is 0 Å². The molecule has 14 heavy (non-hydrogen) atoms. The molecule has 0 spiro atoms. The SMILES string of the molecule is Cc1c(CN)nc(C2CCCC2)n1C.